The monoisotopic (exact) mass is 501 g/mol. The molecule has 8 nitrogen and oxygen atoms in total. The van der Waals surface area contributed by atoms with E-state index in [0.717, 1.165) is 13.1 Å². The first-order valence-corrected chi connectivity index (χ1v) is 12.7. The van der Waals surface area contributed by atoms with Gasteiger partial charge in [0.05, 0.1) is 11.6 Å². The van der Waals surface area contributed by atoms with Gasteiger partial charge in [-0.2, -0.15) is 0 Å². The van der Waals surface area contributed by atoms with E-state index in [1.54, 1.807) is 0 Å². The van der Waals surface area contributed by atoms with Gasteiger partial charge in [0.2, 0.25) is 0 Å². The summed E-state index contributed by atoms with van der Waals surface area (Å²) in [6.45, 7) is 6.66. The van der Waals surface area contributed by atoms with Crippen LogP contribution in [0.15, 0.2) is 18.2 Å². The molecular weight excluding hydrogens is 473 g/mol. The minimum Gasteiger partial charge on any atom is -0.507 e. The van der Waals surface area contributed by atoms with Crippen LogP contribution in [0.1, 0.15) is 30.1 Å². The van der Waals surface area contributed by atoms with Crippen LogP contribution < -0.4 is 15.0 Å². The lowest BCUT2D eigenvalue weighted by molar-refractivity contribution is 0.0606. The maximum atomic E-state index is 14.9. The predicted molar refractivity (Wildman–Crippen MR) is 131 cm³/mol. The third-order valence-electron chi connectivity index (χ3n) is 7.54. The van der Waals surface area contributed by atoms with Gasteiger partial charge in [-0.3, -0.25) is 9.69 Å². The number of carbonyl (C=O) groups is 1. The van der Waals surface area contributed by atoms with E-state index in [-0.39, 0.29) is 52.4 Å². The van der Waals surface area contributed by atoms with Crippen molar-refractivity contribution < 1.29 is 19.0 Å². The van der Waals surface area contributed by atoms with Crippen molar-refractivity contribution in [2.75, 3.05) is 50.8 Å². The zero-order chi connectivity index (χ0) is 24.3. The number of rotatable bonds is 3. The molecule has 1 aromatic carbocycles. The highest BCUT2D eigenvalue weighted by atomic mass is 35.5. The molecule has 6 rings (SSSR count). The van der Waals surface area contributed by atoms with Gasteiger partial charge in [-0.15, -0.1) is 0 Å². The minimum atomic E-state index is -0.640. The molecule has 2 atom stereocenters. The summed E-state index contributed by atoms with van der Waals surface area (Å²) < 4.78 is 21.1. The van der Waals surface area contributed by atoms with E-state index in [1.165, 1.54) is 31.0 Å². The Morgan fingerprint density at radius 3 is 2.74 bits per heavy atom. The Kier molecular flexibility index (Phi) is 5.74. The van der Waals surface area contributed by atoms with Gasteiger partial charge in [0.1, 0.15) is 40.3 Å². The number of aromatic hydroxyl groups is 1. The number of phenolic OH excluding ortho intramolecular Hbond substituents is 1. The summed E-state index contributed by atoms with van der Waals surface area (Å²) in [6, 6.07) is 4.68. The Balaban J connectivity index is 1.52. The van der Waals surface area contributed by atoms with Gasteiger partial charge in [0.15, 0.2) is 5.75 Å². The number of hydrogen-bond acceptors (Lipinski definition) is 7. The average Bonchev–Trinajstić information content (AvgIpc) is 3.70. The van der Waals surface area contributed by atoms with Crippen LogP contribution in [-0.2, 0) is 0 Å². The van der Waals surface area contributed by atoms with Crippen LogP contribution in [0.5, 0.6) is 11.5 Å². The molecule has 2 saturated heterocycles. The van der Waals surface area contributed by atoms with Crippen LogP contribution in [0.3, 0.4) is 0 Å². The van der Waals surface area contributed by atoms with Gasteiger partial charge in [0, 0.05) is 51.4 Å². The number of nitrogens with zero attached hydrogens (tertiary/aromatic N) is 4. The third kappa shape index (κ3) is 3.90. The first-order valence-electron chi connectivity index (χ1n) is 12.3. The molecule has 3 aliphatic heterocycles. The van der Waals surface area contributed by atoms with Crippen molar-refractivity contribution in [2.45, 2.75) is 37.9 Å². The molecule has 1 amide bonds. The van der Waals surface area contributed by atoms with Crippen LogP contribution in [-0.4, -0.2) is 89.8 Å². The number of carbonyl (C=O) groups excluding carboxylic acids is 1. The second-order valence-electron chi connectivity index (χ2n) is 9.87. The molecule has 2 aromatic rings. The van der Waals surface area contributed by atoms with Gasteiger partial charge in [-0.05, 0) is 31.9 Å². The fraction of sp³-hybridized carbons (Fsp3) is 0.520. The van der Waals surface area contributed by atoms with E-state index in [4.69, 9.17) is 21.3 Å². The lowest BCUT2D eigenvalue weighted by atomic mass is 10.0. The van der Waals surface area contributed by atoms with E-state index in [1.807, 2.05) is 4.90 Å². The molecule has 0 unspecified atom stereocenters. The molecule has 1 aliphatic carbocycles. The van der Waals surface area contributed by atoms with Gasteiger partial charge in [-0.1, -0.05) is 17.7 Å². The predicted octanol–water partition coefficient (Wildman–Crippen LogP) is 2.73. The highest BCUT2D eigenvalue weighted by molar-refractivity contribution is 6.35. The van der Waals surface area contributed by atoms with E-state index >= 15 is 0 Å². The van der Waals surface area contributed by atoms with Gasteiger partial charge in [-0.25, -0.2) is 9.37 Å². The number of hydrogen-bond donors (Lipinski definition) is 2. The van der Waals surface area contributed by atoms with E-state index in [2.05, 4.69) is 22.0 Å². The second-order valence-corrected chi connectivity index (χ2v) is 10.3. The zero-order valence-corrected chi connectivity index (χ0v) is 20.4. The molecule has 186 valence electrons. The van der Waals surface area contributed by atoms with Gasteiger partial charge < -0.3 is 25.0 Å². The van der Waals surface area contributed by atoms with Crippen molar-refractivity contribution >= 4 is 23.3 Å². The molecule has 0 spiro atoms. The smallest absolute Gasteiger partial charge is 0.261 e. The number of pyridine rings is 1. The molecule has 0 bridgehead atoms. The number of aromatic nitrogens is 1. The maximum absolute atomic E-state index is 14.9. The van der Waals surface area contributed by atoms with Crippen molar-refractivity contribution in [3.05, 3.63) is 34.6 Å². The summed E-state index contributed by atoms with van der Waals surface area (Å²) in [6.07, 6.45) is 2.46. The molecule has 4 heterocycles. The lowest BCUT2D eigenvalue weighted by Crippen LogP contribution is -2.55. The number of piperazine rings is 2. The number of phenols is 1. The Hall–Kier alpha value is -2.62. The van der Waals surface area contributed by atoms with Crippen LogP contribution in [0, 0.1) is 5.82 Å². The number of benzene rings is 1. The third-order valence-corrected chi connectivity index (χ3v) is 7.89. The fourth-order valence-corrected chi connectivity index (χ4v) is 5.84. The maximum Gasteiger partial charge on any atom is 0.261 e. The summed E-state index contributed by atoms with van der Waals surface area (Å²) in [5, 5.41) is 13.9. The van der Waals surface area contributed by atoms with E-state index < -0.39 is 5.82 Å². The Morgan fingerprint density at radius 2 is 2.00 bits per heavy atom. The summed E-state index contributed by atoms with van der Waals surface area (Å²) in [5.74, 6) is -0.425. The summed E-state index contributed by atoms with van der Waals surface area (Å²) in [5.41, 5.74) is 0.315. The molecular formula is C25H29ClFN5O3. The van der Waals surface area contributed by atoms with Crippen molar-refractivity contribution in [1.82, 2.24) is 20.1 Å². The number of nitrogens with one attached hydrogen (secondary N) is 1. The highest BCUT2D eigenvalue weighted by Gasteiger charge is 2.41. The Bertz CT molecular complexity index is 1160. The number of fused-ring (bicyclic) bond motifs is 2. The normalized spacial score (nSPS) is 25.1. The highest BCUT2D eigenvalue weighted by Crippen LogP contribution is 2.46. The molecule has 3 fully saturated rings. The first-order chi connectivity index (χ1) is 16.9. The second kappa shape index (κ2) is 8.80. The topological polar surface area (TPSA) is 81.2 Å². The lowest BCUT2D eigenvalue weighted by Gasteiger charge is -2.42. The summed E-state index contributed by atoms with van der Waals surface area (Å²) in [7, 11) is 0. The number of halogens is 2. The number of ether oxygens (including phenoxy) is 1. The Labute approximate surface area is 208 Å². The van der Waals surface area contributed by atoms with E-state index in [0.29, 0.717) is 43.6 Å². The SMILES string of the molecule is C[C@H]1CN(C2CC2)CCN1c1nc(-c2c(O)cccc2F)c(Cl)c2c1C(=O)N1CCNC[C@@H]1CO2. The number of amides is 1. The first kappa shape index (κ1) is 22.8. The molecule has 0 radical (unpaired) electrons. The van der Waals surface area contributed by atoms with Crippen molar-refractivity contribution in [3.63, 3.8) is 0 Å². The standard InChI is InChI=1S/C25H29ClFN5O3/c1-14-12-30(15-5-6-15)9-10-31(14)24-20-23(35-13-16-11-28-7-8-32(16)25(20)34)21(26)22(29-24)19-17(27)3-2-4-18(19)33/h2-4,14-16,28,33H,5-13H2,1H3/t14-,16+/m0/s1. The van der Waals surface area contributed by atoms with Crippen LogP contribution >= 0.6 is 11.6 Å². The van der Waals surface area contributed by atoms with Crippen LogP contribution in [0.4, 0.5) is 10.2 Å². The molecule has 4 aliphatic rings. The minimum absolute atomic E-state index is 0.0366. The largest absolute Gasteiger partial charge is 0.507 e. The number of anilines is 1. The van der Waals surface area contributed by atoms with Gasteiger partial charge >= 0.3 is 0 Å². The molecule has 35 heavy (non-hydrogen) atoms. The summed E-state index contributed by atoms with van der Waals surface area (Å²) in [4.78, 5) is 25.1. The molecule has 1 aromatic heterocycles. The van der Waals surface area contributed by atoms with Crippen molar-refractivity contribution in [2.24, 2.45) is 0 Å². The average molecular weight is 502 g/mol. The molecule has 2 N–H and O–H groups in total. The summed E-state index contributed by atoms with van der Waals surface area (Å²) >= 11 is 6.78. The van der Waals surface area contributed by atoms with Crippen molar-refractivity contribution in [3.8, 4) is 22.8 Å². The Morgan fingerprint density at radius 1 is 1.17 bits per heavy atom. The van der Waals surface area contributed by atoms with Gasteiger partial charge in [0.25, 0.3) is 5.91 Å². The van der Waals surface area contributed by atoms with Crippen LogP contribution in [0.25, 0.3) is 11.3 Å². The fourth-order valence-electron chi connectivity index (χ4n) is 5.55. The van der Waals surface area contributed by atoms with Crippen LogP contribution in [0.2, 0.25) is 5.02 Å². The van der Waals surface area contributed by atoms with Crippen molar-refractivity contribution in [1.29, 1.82) is 0 Å². The zero-order valence-electron chi connectivity index (χ0n) is 19.6. The molecule has 1 saturated carbocycles. The molecule has 10 heteroatoms. The quantitative estimate of drug-likeness (QED) is 0.669. The van der Waals surface area contributed by atoms with E-state index in [9.17, 15) is 14.3 Å².